The van der Waals surface area contributed by atoms with E-state index in [4.69, 9.17) is 5.73 Å². The topological polar surface area (TPSA) is 29.3 Å². The molecule has 1 aliphatic heterocycles. The van der Waals surface area contributed by atoms with E-state index in [1.807, 2.05) is 11.8 Å². The second-order valence-corrected chi connectivity index (χ2v) is 4.84. The fraction of sp³-hybridized carbons (Fsp3) is 1.00. The van der Waals surface area contributed by atoms with E-state index in [-0.39, 0.29) is 30.4 Å². The first-order chi connectivity index (χ1) is 5.17. The van der Waals surface area contributed by atoms with Crippen LogP contribution in [-0.2, 0) is 0 Å². The van der Waals surface area contributed by atoms with Crippen molar-refractivity contribution in [3.8, 4) is 0 Å². The molecule has 1 aliphatic rings. The number of rotatable bonds is 2. The SMILES string of the molecule is CC(C)(CN)N1CCSCC1.Cl.Cl. The Hall–Kier alpha value is 0.850. The standard InChI is InChI=1S/C8H18N2S.2ClH/c1-8(2,7-9)10-3-5-11-6-4-10;;/h3-7,9H2,1-2H3;2*1H. The lowest BCUT2D eigenvalue weighted by Gasteiger charge is -2.39. The maximum atomic E-state index is 5.69. The average molecular weight is 247 g/mol. The molecule has 0 aliphatic carbocycles. The zero-order chi connectivity index (χ0) is 8.32. The van der Waals surface area contributed by atoms with Gasteiger partial charge in [0.25, 0.3) is 0 Å². The molecule has 0 aromatic heterocycles. The van der Waals surface area contributed by atoms with Gasteiger partial charge < -0.3 is 5.73 Å². The summed E-state index contributed by atoms with van der Waals surface area (Å²) in [4.78, 5) is 2.49. The summed E-state index contributed by atoms with van der Waals surface area (Å²) < 4.78 is 0. The summed E-state index contributed by atoms with van der Waals surface area (Å²) in [7, 11) is 0. The zero-order valence-electron chi connectivity index (χ0n) is 8.28. The molecule has 0 bridgehead atoms. The Labute approximate surface area is 97.8 Å². The molecule has 0 aromatic rings. The van der Waals surface area contributed by atoms with E-state index in [0.717, 1.165) is 6.54 Å². The van der Waals surface area contributed by atoms with Gasteiger partial charge in [-0.15, -0.1) is 24.8 Å². The summed E-state index contributed by atoms with van der Waals surface area (Å²) in [5.41, 5.74) is 5.90. The Kier molecular flexibility index (Phi) is 9.00. The molecule has 0 spiro atoms. The van der Waals surface area contributed by atoms with E-state index in [1.54, 1.807) is 0 Å². The van der Waals surface area contributed by atoms with Crippen molar-refractivity contribution in [2.75, 3.05) is 31.1 Å². The molecule has 0 aromatic carbocycles. The zero-order valence-corrected chi connectivity index (χ0v) is 10.7. The summed E-state index contributed by atoms with van der Waals surface area (Å²) in [5, 5.41) is 0. The van der Waals surface area contributed by atoms with Gasteiger partial charge in [-0.3, -0.25) is 4.90 Å². The fourth-order valence-corrected chi connectivity index (χ4v) is 2.20. The summed E-state index contributed by atoms with van der Waals surface area (Å²) in [6, 6.07) is 0. The first-order valence-corrected chi connectivity index (χ1v) is 5.35. The highest BCUT2D eigenvalue weighted by Gasteiger charge is 2.25. The van der Waals surface area contributed by atoms with E-state index in [1.165, 1.54) is 24.6 Å². The molecule has 0 saturated carbocycles. The molecule has 1 saturated heterocycles. The van der Waals surface area contributed by atoms with Gasteiger partial charge in [0.15, 0.2) is 0 Å². The van der Waals surface area contributed by atoms with Crippen LogP contribution in [0.4, 0.5) is 0 Å². The Morgan fingerprint density at radius 2 is 1.69 bits per heavy atom. The van der Waals surface area contributed by atoms with Crippen molar-refractivity contribution in [3.05, 3.63) is 0 Å². The van der Waals surface area contributed by atoms with E-state index in [2.05, 4.69) is 18.7 Å². The van der Waals surface area contributed by atoms with Gasteiger partial charge in [0, 0.05) is 36.7 Å². The van der Waals surface area contributed by atoms with E-state index in [9.17, 15) is 0 Å². The number of hydrogen-bond donors (Lipinski definition) is 1. The lowest BCUT2D eigenvalue weighted by molar-refractivity contribution is 0.142. The minimum atomic E-state index is 0. The average Bonchev–Trinajstić information content (AvgIpc) is 2.06. The van der Waals surface area contributed by atoms with Gasteiger partial charge in [0.1, 0.15) is 0 Å². The molecule has 82 valence electrons. The van der Waals surface area contributed by atoms with Gasteiger partial charge in [-0.25, -0.2) is 0 Å². The normalized spacial score (nSPS) is 18.7. The third kappa shape index (κ3) is 4.75. The van der Waals surface area contributed by atoms with Gasteiger partial charge in [0.05, 0.1) is 0 Å². The lowest BCUT2D eigenvalue weighted by Crippen LogP contribution is -2.52. The van der Waals surface area contributed by atoms with Crippen molar-refractivity contribution >= 4 is 36.6 Å². The maximum absolute atomic E-state index is 5.69. The van der Waals surface area contributed by atoms with Crippen molar-refractivity contribution in [2.45, 2.75) is 19.4 Å². The van der Waals surface area contributed by atoms with Crippen molar-refractivity contribution in [3.63, 3.8) is 0 Å². The highest BCUT2D eigenvalue weighted by Crippen LogP contribution is 2.18. The number of hydrogen-bond acceptors (Lipinski definition) is 3. The van der Waals surface area contributed by atoms with Crippen LogP contribution in [-0.4, -0.2) is 41.6 Å². The molecule has 1 heterocycles. The van der Waals surface area contributed by atoms with Crippen LogP contribution in [0.25, 0.3) is 0 Å². The Morgan fingerprint density at radius 3 is 2.08 bits per heavy atom. The van der Waals surface area contributed by atoms with Gasteiger partial charge >= 0.3 is 0 Å². The van der Waals surface area contributed by atoms with Crippen LogP contribution in [0.3, 0.4) is 0 Å². The van der Waals surface area contributed by atoms with E-state index in [0.29, 0.717) is 0 Å². The van der Waals surface area contributed by atoms with Gasteiger partial charge in [-0.2, -0.15) is 11.8 Å². The molecule has 0 unspecified atom stereocenters. The Balaban J connectivity index is 0. The van der Waals surface area contributed by atoms with E-state index >= 15 is 0 Å². The monoisotopic (exact) mass is 246 g/mol. The molecule has 2 nitrogen and oxygen atoms in total. The molecular weight excluding hydrogens is 227 g/mol. The third-order valence-corrected chi connectivity index (χ3v) is 3.31. The van der Waals surface area contributed by atoms with Gasteiger partial charge in [-0.1, -0.05) is 0 Å². The number of nitrogens with two attached hydrogens (primary N) is 1. The molecule has 2 N–H and O–H groups in total. The smallest absolute Gasteiger partial charge is 0.0276 e. The summed E-state index contributed by atoms with van der Waals surface area (Å²) in [6.45, 7) is 7.62. The minimum Gasteiger partial charge on any atom is -0.329 e. The van der Waals surface area contributed by atoms with Crippen LogP contribution in [0.1, 0.15) is 13.8 Å². The molecule has 0 atom stereocenters. The van der Waals surface area contributed by atoms with Crippen LogP contribution >= 0.6 is 36.6 Å². The highest BCUT2D eigenvalue weighted by molar-refractivity contribution is 7.99. The van der Waals surface area contributed by atoms with E-state index < -0.39 is 0 Å². The first-order valence-electron chi connectivity index (χ1n) is 4.20. The number of thioether (sulfide) groups is 1. The van der Waals surface area contributed by atoms with Crippen LogP contribution < -0.4 is 5.73 Å². The predicted molar refractivity (Wildman–Crippen MR) is 66.5 cm³/mol. The summed E-state index contributed by atoms with van der Waals surface area (Å²) >= 11 is 2.04. The summed E-state index contributed by atoms with van der Waals surface area (Å²) in [6.07, 6.45) is 0. The van der Waals surface area contributed by atoms with Gasteiger partial charge in [-0.05, 0) is 13.8 Å². The third-order valence-electron chi connectivity index (χ3n) is 2.37. The first kappa shape index (κ1) is 16.3. The molecule has 1 rings (SSSR count). The second kappa shape index (κ2) is 7.18. The quantitative estimate of drug-likeness (QED) is 0.804. The van der Waals surface area contributed by atoms with Crippen LogP contribution in [0, 0.1) is 0 Å². The molecule has 5 heteroatoms. The van der Waals surface area contributed by atoms with Crippen molar-refractivity contribution in [1.29, 1.82) is 0 Å². The molecule has 0 radical (unpaired) electrons. The van der Waals surface area contributed by atoms with Crippen LogP contribution in [0.2, 0.25) is 0 Å². The molecule has 1 fully saturated rings. The number of nitrogens with zero attached hydrogens (tertiary/aromatic N) is 1. The Bertz CT molecular complexity index is 127. The van der Waals surface area contributed by atoms with Crippen LogP contribution in [0.5, 0.6) is 0 Å². The highest BCUT2D eigenvalue weighted by atomic mass is 35.5. The Morgan fingerprint density at radius 1 is 1.23 bits per heavy atom. The second-order valence-electron chi connectivity index (χ2n) is 3.62. The van der Waals surface area contributed by atoms with Crippen molar-refractivity contribution in [1.82, 2.24) is 4.90 Å². The predicted octanol–water partition coefficient (Wildman–Crippen LogP) is 1.62. The van der Waals surface area contributed by atoms with Gasteiger partial charge in [0.2, 0.25) is 0 Å². The molecular formula is C8H20Cl2N2S. The van der Waals surface area contributed by atoms with Crippen molar-refractivity contribution < 1.29 is 0 Å². The minimum absolute atomic E-state index is 0. The van der Waals surface area contributed by atoms with Crippen LogP contribution in [0.15, 0.2) is 0 Å². The molecule has 0 amide bonds. The number of halogens is 2. The maximum Gasteiger partial charge on any atom is 0.0276 e. The lowest BCUT2D eigenvalue weighted by atomic mass is 10.0. The largest absolute Gasteiger partial charge is 0.329 e. The van der Waals surface area contributed by atoms with Crippen molar-refractivity contribution in [2.24, 2.45) is 5.73 Å². The summed E-state index contributed by atoms with van der Waals surface area (Å²) in [5.74, 6) is 2.53. The molecule has 13 heavy (non-hydrogen) atoms. The fourth-order valence-electron chi connectivity index (χ4n) is 1.30.